The molecule has 112 valence electrons. The molecular weight excluding hydrogens is 246 g/mol. The normalized spacial score (nSPS) is 11.3. The second kappa shape index (κ2) is 8.12. The van der Waals surface area contributed by atoms with Crippen LogP contribution in [0, 0.1) is 0 Å². The Hall–Kier alpha value is -1.14. The lowest BCUT2D eigenvalue weighted by Crippen LogP contribution is -2.56. The van der Waals surface area contributed by atoms with Gasteiger partial charge in [0.1, 0.15) is 0 Å². The zero-order valence-electron chi connectivity index (χ0n) is 12.7. The molecule has 0 aliphatic carbocycles. The van der Waals surface area contributed by atoms with E-state index < -0.39 is 5.54 Å². The summed E-state index contributed by atoms with van der Waals surface area (Å²) in [6, 6.07) is 0. The molecule has 2 N–H and O–H groups in total. The fraction of sp³-hybridized carbons (Fsp3) is 0.846. The van der Waals surface area contributed by atoms with Gasteiger partial charge in [0, 0.05) is 27.7 Å². The van der Waals surface area contributed by atoms with Gasteiger partial charge in [-0.15, -0.1) is 0 Å². The first kappa shape index (κ1) is 17.9. The lowest BCUT2D eigenvalue weighted by Gasteiger charge is -2.33. The van der Waals surface area contributed by atoms with E-state index in [9.17, 15) is 9.59 Å². The molecule has 0 atom stereocenters. The largest absolute Gasteiger partial charge is 0.383 e. The van der Waals surface area contributed by atoms with Crippen LogP contribution in [-0.4, -0.2) is 68.1 Å². The minimum atomic E-state index is -0.902. The number of carbonyl (C=O) groups excluding carboxylic acids is 2. The van der Waals surface area contributed by atoms with Gasteiger partial charge < -0.3 is 20.3 Å². The van der Waals surface area contributed by atoms with Crippen molar-refractivity contribution in [3.8, 4) is 0 Å². The van der Waals surface area contributed by atoms with Gasteiger partial charge in [-0.1, -0.05) is 13.8 Å². The third-order valence-corrected chi connectivity index (χ3v) is 3.37. The van der Waals surface area contributed by atoms with E-state index in [2.05, 4.69) is 0 Å². The van der Waals surface area contributed by atoms with Crippen LogP contribution in [0.4, 0.5) is 0 Å². The molecule has 0 aromatic rings. The van der Waals surface area contributed by atoms with Crippen LogP contribution in [-0.2, 0) is 14.3 Å². The number of hydrogen-bond donors (Lipinski definition) is 1. The van der Waals surface area contributed by atoms with Crippen LogP contribution < -0.4 is 5.73 Å². The minimum Gasteiger partial charge on any atom is -0.383 e. The SMILES string of the molecule is CCC(N)(CC)C(=O)N(CCOC)CC(=O)N(C)C. The number of carbonyl (C=O) groups is 2. The molecular formula is C13H27N3O3. The van der Waals surface area contributed by atoms with Crippen molar-refractivity contribution < 1.29 is 14.3 Å². The number of amides is 2. The van der Waals surface area contributed by atoms with Crippen LogP contribution >= 0.6 is 0 Å². The molecule has 2 amide bonds. The van der Waals surface area contributed by atoms with Crippen LogP contribution in [0.2, 0.25) is 0 Å². The van der Waals surface area contributed by atoms with Crippen molar-refractivity contribution in [1.29, 1.82) is 0 Å². The molecule has 0 saturated heterocycles. The Morgan fingerprint density at radius 1 is 1.21 bits per heavy atom. The molecule has 0 spiro atoms. The summed E-state index contributed by atoms with van der Waals surface area (Å²) in [5, 5.41) is 0. The summed E-state index contributed by atoms with van der Waals surface area (Å²) >= 11 is 0. The number of nitrogens with two attached hydrogens (primary N) is 1. The van der Waals surface area contributed by atoms with Crippen molar-refractivity contribution in [3.05, 3.63) is 0 Å². The Labute approximate surface area is 115 Å². The average Bonchev–Trinajstić information content (AvgIpc) is 2.41. The monoisotopic (exact) mass is 273 g/mol. The van der Waals surface area contributed by atoms with E-state index in [1.807, 2.05) is 13.8 Å². The van der Waals surface area contributed by atoms with Gasteiger partial charge in [0.15, 0.2) is 0 Å². The predicted octanol–water partition coefficient (Wildman–Crippen LogP) is 0.0671. The van der Waals surface area contributed by atoms with Crippen LogP contribution in [0.3, 0.4) is 0 Å². The molecule has 0 heterocycles. The molecule has 0 aliphatic rings. The van der Waals surface area contributed by atoms with E-state index in [-0.39, 0.29) is 18.4 Å². The Morgan fingerprint density at radius 2 is 1.74 bits per heavy atom. The van der Waals surface area contributed by atoms with E-state index in [0.29, 0.717) is 26.0 Å². The second-order valence-electron chi connectivity index (χ2n) is 4.87. The molecule has 0 radical (unpaired) electrons. The fourth-order valence-corrected chi connectivity index (χ4v) is 1.63. The lowest BCUT2D eigenvalue weighted by molar-refractivity contribution is -0.143. The van der Waals surface area contributed by atoms with Gasteiger partial charge in [-0.25, -0.2) is 0 Å². The number of rotatable bonds is 8. The quantitative estimate of drug-likeness (QED) is 0.679. The Kier molecular flexibility index (Phi) is 7.63. The standard InChI is InChI=1S/C13H27N3O3/c1-6-13(14,7-2)12(18)16(8-9-19-5)10-11(17)15(3)4/h6-10,14H2,1-5H3. The van der Waals surface area contributed by atoms with Gasteiger partial charge in [0.05, 0.1) is 18.7 Å². The van der Waals surface area contributed by atoms with Gasteiger partial charge in [0.2, 0.25) is 11.8 Å². The molecule has 0 aliphatic heterocycles. The van der Waals surface area contributed by atoms with E-state index >= 15 is 0 Å². The molecule has 0 aromatic heterocycles. The number of hydrogen-bond acceptors (Lipinski definition) is 4. The Balaban J connectivity index is 4.92. The maximum atomic E-state index is 12.5. The van der Waals surface area contributed by atoms with E-state index in [4.69, 9.17) is 10.5 Å². The molecule has 0 aromatic carbocycles. The van der Waals surface area contributed by atoms with Gasteiger partial charge in [-0.3, -0.25) is 9.59 Å². The highest BCUT2D eigenvalue weighted by Crippen LogP contribution is 2.15. The van der Waals surface area contributed by atoms with Crippen LogP contribution in [0.15, 0.2) is 0 Å². The minimum absolute atomic E-state index is 0.0359. The zero-order valence-corrected chi connectivity index (χ0v) is 12.7. The molecule has 0 fully saturated rings. The number of nitrogens with zero attached hydrogens (tertiary/aromatic N) is 2. The first-order chi connectivity index (χ1) is 8.82. The highest BCUT2D eigenvalue weighted by molar-refractivity contribution is 5.90. The molecule has 0 saturated carbocycles. The smallest absolute Gasteiger partial charge is 0.243 e. The molecule has 0 rings (SSSR count). The summed E-state index contributed by atoms with van der Waals surface area (Å²) in [6.45, 7) is 4.55. The molecule has 0 unspecified atom stereocenters. The number of methoxy groups -OCH3 is 1. The Morgan fingerprint density at radius 3 is 2.11 bits per heavy atom. The maximum absolute atomic E-state index is 12.5. The first-order valence-electron chi connectivity index (χ1n) is 6.59. The highest BCUT2D eigenvalue weighted by Gasteiger charge is 2.34. The van der Waals surface area contributed by atoms with Crippen molar-refractivity contribution >= 4 is 11.8 Å². The van der Waals surface area contributed by atoms with E-state index in [1.54, 1.807) is 21.2 Å². The molecule has 0 bridgehead atoms. The van der Waals surface area contributed by atoms with Gasteiger partial charge in [-0.2, -0.15) is 0 Å². The summed E-state index contributed by atoms with van der Waals surface area (Å²) in [5.74, 6) is -0.316. The highest BCUT2D eigenvalue weighted by atomic mass is 16.5. The average molecular weight is 273 g/mol. The van der Waals surface area contributed by atoms with Gasteiger partial charge >= 0.3 is 0 Å². The van der Waals surface area contributed by atoms with Gasteiger partial charge in [0.25, 0.3) is 0 Å². The summed E-state index contributed by atoms with van der Waals surface area (Å²) < 4.78 is 4.98. The van der Waals surface area contributed by atoms with Crippen LogP contribution in [0.5, 0.6) is 0 Å². The lowest BCUT2D eigenvalue weighted by atomic mass is 9.92. The number of likely N-dealkylation sites (N-methyl/N-ethyl adjacent to an activating group) is 1. The zero-order chi connectivity index (χ0) is 15.1. The summed E-state index contributed by atoms with van der Waals surface area (Å²) in [6.07, 6.45) is 1.09. The fourth-order valence-electron chi connectivity index (χ4n) is 1.63. The van der Waals surface area contributed by atoms with E-state index in [1.165, 1.54) is 9.80 Å². The molecule has 19 heavy (non-hydrogen) atoms. The third kappa shape index (κ3) is 5.16. The third-order valence-electron chi connectivity index (χ3n) is 3.37. The van der Waals surface area contributed by atoms with Crippen LogP contribution in [0.1, 0.15) is 26.7 Å². The first-order valence-corrected chi connectivity index (χ1v) is 6.59. The molecule has 6 heteroatoms. The van der Waals surface area contributed by atoms with E-state index in [0.717, 1.165) is 0 Å². The molecule has 6 nitrogen and oxygen atoms in total. The summed E-state index contributed by atoms with van der Waals surface area (Å²) in [4.78, 5) is 27.2. The van der Waals surface area contributed by atoms with Crippen molar-refractivity contribution in [2.45, 2.75) is 32.2 Å². The second-order valence-corrected chi connectivity index (χ2v) is 4.87. The van der Waals surface area contributed by atoms with Crippen molar-refractivity contribution in [1.82, 2.24) is 9.80 Å². The summed E-state index contributed by atoms with van der Waals surface area (Å²) in [7, 11) is 4.89. The van der Waals surface area contributed by atoms with Gasteiger partial charge in [-0.05, 0) is 12.8 Å². The topological polar surface area (TPSA) is 75.9 Å². The Bertz CT molecular complexity index is 302. The number of ether oxygens (including phenoxy) is 1. The summed E-state index contributed by atoms with van der Waals surface area (Å²) in [5.41, 5.74) is 5.21. The van der Waals surface area contributed by atoms with Crippen molar-refractivity contribution in [2.24, 2.45) is 5.73 Å². The maximum Gasteiger partial charge on any atom is 0.243 e. The van der Waals surface area contributed by atoms with Crippen LogP contribution in [0.25, 0.3) is 0 Å². The van der Waals surface area contributed by atoms with Crippen molar-refractivity contribution in [2.75, 3.05) is 40.9 Å². The van der Waals surface area contributed by atoms with Crippen molar-refractivity contribution in [3.63, 3.8) is 0 Å². The predicted molar refractivity (Wildman–Crippen MR) is 74.7 cm³/mol.